The van der Waals surface area contributed by atoms with Gasteiger partial charge in [0.25, 0.3) is 0 Å². The molecule has 5 heteroatoms. The molecular formula is C13H13IO4. The van der Waals surface area contributed by atoms with E-state index >= 15 is 0 Å². The van der Waals surface area contributed by atoms with Gasteiger partial charge in [0.15, 0.2) is 11.9 Å². The van der Waals surface area contributed by atoms with Gasteiger partial charge < -0.3 is 19.0 Å². The van der Waals surface area contributed by atoms with Crippen molar-refractivity contribution in [2.24, 2.45) is 0 Å². The molecule has 1 rings (SSSR count). The summed E-state index contributed by atoms with van der Waals surface area (Å²) in [6, 6.07) is 0. The normalized spacial score (nSPS) is 30.4. The van der Waals surface area contributed by atoms with E-state index in [0.29, 0.717) is 6.42 Å². The van der Waals surface area contributed by atoms with Crippen molar-refractivity contribution < 1.29 is 19.0 Å². The van der Waals surface area contributed by atoms with Crippen molar-refractivity contribution in [2.75, 3.05) is 14.2 Å². The first-order valence-corrected chi connectivity index (χ1v) is 6.28. The van der Waals surface area contributed by atoms with Crippen LogP contribution in [-0.4, -0.2) is 38.5 Å². The van der Waals surface area contributed by atoms with Crippen molar-refractivity contribution in [1.29, 1.82) is 0 Å². The molecule has 1 heterocycles. The van der Waals surface area contributed by atoms with Gasteiger partial charge in [0.05, 0.1) is 0 Å². The fourth-order valence-corrected chi connectivity index (χ4v) is 1.84. The molecule has 0 aromatic carbocycles. The van der Waals surface area contributed by atoms with Crippen LogP contribution in [0.2, 0.25) is 0 Å². The van der Waals surface area contributed by atoms with Crippen molar-refractivity contribution in [3.05, 3.63) is 12.2 Å². The summed E-state index contributed by atoms with van der Waals surface area (Å²) in [6.07, 6.45) is 3.11. The van der Waals surface area contributed by atoms with E-state index in [4.69, 9.17) is 14.2 Å². The van der Waals surface area contributed by atoms with Crippen LogP contribution >= 0.6 is 22.6 Å². The average Bonchev–Trinajstić information content (AvgIpc) is 2.77. The van der Waals surface area contributed by atoms with E-state index in [-0.39, 0.29) is 0 Å². The monoisotopic (exact) mass is 360 g/mol. The van der Waals surface area contributed by atoms with Crippen LogP contribution < -0.4 is 0 Å². The fraction of sp³-hybridized carbons (Fsp3) is 0.462. The number of hydrogen-bond donors (Lipinski definition) is 0. The molecule has 0 aliphatic carbocycles. The van der Waals surface area contributed by atoms with Gasteiger partial charge >= 0.3 is 0 Å². The lowest BCUT2D eigenvalue weighted by molar-refractivity contribution is -0.176. The molecule has 1 saturated heterocycles. The molecule has 0 unspecified atom stereocenters. The topological polar surface area (TPSA) is 44.8 Å². The predicted molar refractivity (Wildman–Crippen MR) is 74.8 cm³/mol. The van der Waals surface area contributed by atoms with E-state index in [1.807, 2.05) is 22.6 Å². The number of carbonyl (C=O) groups is 1. The summed E-state index contributed by atoms with van der Waals surface area (Å²) >= 11 is 1.94. The third-order valence-corrected chi connectivity index (χ3v) is 2.81. The zero-order valence-corrected chi connectivity index (χ0v) is 12.3. The van der Waals surface area contributed by atoms with Crippen molar-refractivity contribution in [2.45, 2.75) is 24.4 Å². The second kappa shape index (κ2) is 7.55. The Morgan fingerprint density at radius 2 is 2.11 bits per heavy atom. The SMILES string of the molecule is CO[C@H]1O[C@H](C=O)C[C@@]1(C#C/C=C\C#CI)OC. The van der Waals surface area contributed by atoms with Crippen molar-refractivity contribution in [3.8, 4) is 21.7 Å². The molecule has 3 atom stereocenters. The van der Waals surface area contributed by atoms with Crippen molar-refractivity contribution in [3.63, 3.8) is 0 Å². The van der Waals surface area contributed by atoms with Gasteiger partial charge in [-0.25, -0.2) is 0 Å². The van der Waals surface area contributed by atoms with Crippen LogP contribution in [0.3, 0.4) is 0 Å². The van der Waals surface area contributed by atoms with E-state index in [0.717, 1.165) is 6.29 Å². The number of methoxy groups -OCH3 is 2. The number of rotatable bonds is 3. The van der Waals surface area contributed by atoms with Gasteiger partial charge in [-0.05, 0) is 16.1 Å². The Bertz CT molecular complexity index is 437. The first-order valence-electron chi connectivity index (χ1n) is 5.20. The van der Waals surface area contributed by atoms with E-state index in [1.54, 1.807) is 12.2 Å². The lowest BCUT2D eigenvalue weighted by Crippen LogP contribution is -2.40. The minimum Gasteiger partial charge on any atom is -0.360 e. The average molecular weight is 360 g/mol. The van der Waals surface area contributed by atoms with Crippen molar-refractivity contribution >= 4 is 28.9 Å². The van der Waals surface area contributed by atoms with E-state index < -0.39 is 18.0 Å². The van der Waals surface area contributed by atoms with Crippen LogP contribution in [0.25, 0.3) is 0 Å². The lowest BCUT2D eigenvalue weighted by atomic mass is 9.99. The fourth-order valence-electron chi connectivity index (χ4n) is 1.66. The van der Waals surface area contributed by atoms with Crippen LogP contribution in [0.4, 0.5) is 0 Å². The van der Waals surface area contributed by atoms with E-state index in [9.17, 15) is 4.79 Å². The summed E-state index contributed by atoms with van der Waals surface area (Å²) in [7, 11) is 3.01. The van der Waals surface area contributed by atoms with Crippen LogP contribution in [0.5, 0.6) is 0 Å². The summed E-state index contributed by atoms with van der Waals surface area (Å²) in [4.78, 5) is 10.8. The number of ether oxygens (including phenoxy) is 3. The smallest absolute Gasteiger partial charge is 0.198 e. The minimum atomic E-state index is -0.914. The van der Waals surface area contributed by atoms with Gasteiger partial charge in [-0.15, -0.1) is 0 Å². The zero-order chi connectivity index (χ0) is 13.4. The molecule has 1 fully saturated rings. The first kappa shape index (κ1) is 15.2. The molecule has 0 N–H and O–H groups in total. The molecule has 0 aromatic rings. The minimum absolute atomic E-state index is 0.351. The van der Waals surface area contributed by atoms with Crippen molar-refractivity contribution in [1.82, 2.24) is 0 Å². The Kier molecular flexibility index (Phi) is 6.37. The lowest BCUT2D eigenvalue weighted by Gasteiger charge is -2.25. The third kappa shape index (κ3) is 3.56. The highest BCUT2D eigenvalue weighted by molar-refractivity contribution is 14.1. The van der Waals surface area contributed by atoms with Crippen LogP contribution in [-0.2, 0) is 19.0 Å². The Hall–Kier alpha value is -0.860. The first-order chi connectivity index (χ1) is 8.72. The molecule has 0 radical (unpaired) electrons. The van der Waals surface area contributed by atoms with E-state index in [2.05, 4.69) is 21.7 Å². The molecule has 96 valence electrons. The molecule has 0 saturated carbocycles. The van der Waals surface area contributed by atoms with Crippen LogP contribution in [0.15, 0.2) is 12.2 Å². The molecule has 4 nitrogen and oxygen atoms in total. The Morgan fingerprint density at radius 1 is 1.39 bits per heavy atom. The predicted octanol–water partition coefficient (Wildman–Crippen LogP) is 1.29. The molecule has 0 bridgehead atoms. The molecular weight excluding hydrogens is 347 g/mol. The number of allylic oxidation sites excluding steroid dienone is 2. The number of halogens is 1. The van der Waals surface area contributed by atoms with Gasteiger partial charge in [0.1, 0.15) is 12.4 Å². The van der Waals surface area contributed by atoms with Gasteiger partial charge in [0.2, 0.25) is 0 Å². The molecule has 18 heavy (non-hydrogen) atoms. The highest BCUT2D eigenvalue weighted by Crippen LogP contribution is 2.32. The number of aldehydes is 1. The van der Waals surface area contributed by atoms with Gasteiger partial charge in [0, 0.05) is 43.2 Å². The maximum absolute atomic E-state index is 10.8. The standard InChI is InChI=1S/C13H13IO4/c1-16-12-13(17-2,9-11(10-15)18-12)7-5-3-4-6-8-14/h3-4,10-12H,9H2,1-2H3/b4-3-/t11-,12-,13+/m0/s1. The van der Waals surface area contributed by atoms with Gasteiger partial charge in [-0.2, -0.15) is 0 Å². The van der Waals surface area contributed by atoms with Crippen LogP contribution in [0, 0.1) is 21.7 Å². The summed E-state index contributed by atoms with van der Waals surface area (Å²) in [5.74, 6) is 8.50. The zero-order valence-electron chi connectivity index (χ0n) is 10.1. The Morgan fingerprint density at radius 3 is 2.67 bits per heavy atom. The number of hydrogen-bond acceptors (Lipinski definition) is 4. The highest BCUT2D eigenvalue weighted by Gasteiger charge is 2.48. The Labute approximate surface area is 120 Å². The van der Waals surface area contributed by atoms with Gasteiger partial charge in [-0.3, -0.25) is 0 Å². The second-order valence-electron chi connectivity index (χ2n) is 3.52. The maximum Gasteiger partial charge on any atom is 0.198 e. The van der Waals surface area contributed by atoms with Crippen LogP contribution in [0.1, 0.15) is 6.42 Å². The second-order valence-corrected chi connectivity index (χ2v) is 4.06. The largest absolute Gasteiger partial charge is 0.360 e. The van der Waals surface area contributed by atoms with E-state index in [1.165, 1.54) is 14.2 Å². The summed E-state index contributed by atoms with van der Waals surface area (Å²) in [5, 5.41) is 0. The summed E-state index contributed by atoms with van der Waals surface area (Å²) < 4.78 is 18.6. The highest BCUT2D eigenvalue weighted by atomic mass is 127. The molecule has 0 aromatic heterocycles. The van der Waals surface area contributed by atoms with Gasteiger partial charge in [-0.1, -0.05) is 17.8 Å². The quantitative estimate of drug-likeness (QED) is 0.432. The summed E-state index contributed by atoms with van der Waals surface area (Å²) in [5.41, 5.74) is -0.914. The Balaban J connectivity index is 2.88. The third-order valence-electron chi connectivity index (χ3n) is 2.50. The molecule has 0 spiro atoms. The molecule has 1 aliphatic rings. The molecule has 1 aliphatic heterocycles. The molecule has 0 amide bonds. The maximum atomic E-state index is 10.8. The number of carbonyl (C=O) groups excluding carboxylic acids is 1. The summed E-state index contributed by atoms with van der Waals surface area (Å²) in [6.45, 7) is 0.